The van der Waals surface area contributed by atoms with Gasteiger partial charge < -0.3 is 0 Å². The molecular formula is C28H48O2. The number of fused-ring (bicyclic) bond motifs is 1. The third kappa shape index (κ3) is 6.92. The molecule has 0 amide bonds. The van der Waals surface area contributed by atoms with Crippen molar-refractivity contribution in [3.05, 3.63) is 0 Å². The number of ketones is 2. The van der Waals surface area contributed by atoms with Crippen molar-refractivity contribution in [2.45, 2.75) is 129 Å². The summed E-state index contributed by atoms with van der Waals surface area (Å²) in [6.45, 7) is 4.39. The molecule has 3 aliphatic carbocycles. The van der Waals surface area contributed by atoms with Crippen LogP contribution in [0, 0.1) is 35.5 Å². The monoisotopic (exact) mass is 416 g/mol. The van der Waals surface area contributed by atoms with Crippen LogP contribution < -0.4 is 0 Å². The van der Waals surface area contributed by atoms with Crippen LogP contribution in [0.15, 0.2) is 0 Å². The minimum absolute atomic E-state index is 0.139. The topological polar surface area (TPSA) is 34.1 Å². The number of unbranched alkanes of at least 4 members (excludes halogenated alkanes) is 1. The van der Waals surface area contributed by atoms with E-state index in [1.165, 1.54) is 83.5 Å². The first-order valence-corrected chi connectivity index (χ1v) is 13.6. The third-order valence-corrected chi connectivity index (χ3v) is 9.06. The first kappa shape index (κ1) is 24.0. The van der Waals surface area contributed by atoms with Gasteiger partial charge in [-0.3, -0.25) is 9.59 Å². The van der Waals surface area contributed by atoms with Crippen molar-refractivity contribution < 1.29 is 9.59 Å². The summed E-state index contributed by atoms with van der Waals surface area (Å²) in [6, 6.07) is 0. The maximum Gasteiger partial charge on any atom is 0.135 e. The molecular weight excluding hydrogens is 368 g/mol. The van der Waals surface area contributed by atoms with Gasteiger partial charge in [-0.2, -0.15) is 0 Å². The Hall–Kier alpha value is -0.660. The Balaban J connectivity index is 1.35. The van der Waals surface area contributed by atoms with E-state index in [0.717, 1.165) is 43.4 Å². The molecule has 0 aromatic rings. The lowest BCUT2D eigenvalue weighted by Gasteiger charge is -2.38. The quantitative estimate of drug-likeness (QED) is 0.343. The predicted octanol–water partition coefficient (Wildman–Crippen LogP) is 7.92. The number of hydrogen-bond acceptors (Lipinski definition) is 2. The molecule has 0 saturated heterocycles. The standard InChI is InChI=1S/C28H48O2/c1-3-4-11-22-12-5-8-15-25(22)20-28(30)21(2)10-9-16-27(29)26-18-17-23-13-6-7-14-24(23)19-26/h21-26H,3-20H2,1-2H3. The highest BCUT2D eigenvalue weighted by Crippen LogP contribution is 2.43. The number of rotatable bonds is 11. The zero-order valence-electron chi connectivity index (χ0n) is 20.0. The second-order valence-corrected chi connectivity index (χ2v) is 11.2. The zero-order chi connectivity index (χ0) is 21.3. The minimum Gasteiger partial charge on any atom is -0.299 e. The summed E-state index contributed by atoms with van der Waals surface area (Å²) in [5.74, 6) is 4.61. The summed E-state index contributed by atoms with van der Waals surface area (Å²) in [5.41, 5.74) is 0. The molecule has 0 heterocycles. The summed E-state index contributed by atoms with van der Waals surface area (Å²) in [5, 5.41) is 0. The molecule has 0 aromatic carbocycles. The fraction of sp³-hybridized carbons (Fsp3) is 0.929. The maximum atomic E-state index is 12.9. The molecule has 3 fully saturated rings. The van der Waals surface area contributed by atoms with Crippen molar-refractivity contribution in [2.75, 3.05) is 0 Å². The van der Waals surface area contributed by atoms with Crippen molar-refractivity contribution in [2.24, 2.45) is 35.5 Å². The number of Topliss-reactive ketones (excluding diaryl/α,β-unsaturated/α-hetero) is 2. The van der Waals surface area contributed by atoms with E-state index in [1.807, 2.05) is 0 Å². The minimum atomic E-state index is 0.139. The van der Waals surface area contributed by atoms with Crippen LogP contribution in [0.1, 0.15) is 129 Å². The van der Waals surface area contributed by atoms with Crippen LogP contribution in [0.25, 0.3) is 0 Å². The highest BCUT2D eigenvalue weighted by Gasteiger charge is 2.34. The average molecular weight is 417 g/mol. The van der Waals surface area contributed by atoms with Crippen LogP contribution in [0.4, 0.5) is 0 Å². The lowest BCUT2D eigenvalue weighted by molar-refractivity contribution is -0.126. The van der Waals surface area contributed by atoms with Gasteiger partial charge in [0.1, 0.15) is 11.6 Å². The third-order valence-electron chi connectivity index (χ3n) is 9.06. The smallest absolute Gasteiger partial charge is 0.135 e. The molecule has 2 nitrogen and oxygen atoms in total. The number of hydrogen-bond donors (Lipinski definition) is 0. The fourth-order valence-corrected chi connectivity index (χ4v) is 6.97. The van der Waals surface area contributed by atoms with Crippen LogP contribution in [-0.2, 0) is 9.59 Å². The van der Waals surface area contributed by atoms with Crippen LogP contribution in [0.5, 0.6) is 0 Å². The summed E-state index contributed by atoms with van der Waals surface area (Å²) >= 11 is 0. The zero-order valence-corrected chi connectivity index (χ0v) is 20.0. The Labute approximate surface area is 186 Å². The van der Waals surface area contributed by atoms with E-state index in [9.17, 15) is 9.59 Å². The van der Waals surface area contributed by atoms with E-state index < -0.39 is 0 Å². The van der Waals surface area contributed by atoms with Crippen molar-refractivity contribution in [1.82, 2.24) is 0 Å². The molecule has 3 aliphatic rings. The average Bonchev–Trinajstić information content (AvgIpc) is 2.77. The van der Waals surface area contributed by atoms with Gasteiger partial charge in [-0.15, -0.1) is 0 Å². The van der Waals surface area contributed by atoms with Gasteiger partial charge in [0, 0.05) is 24.7 Å². The Morgan fingerprint density at radius 2 is 1.53 bits per heavy atom. The number of carbonyl (C=O) groups is 2. The van der Waals surface area contributed by atoms with Crippen LogP contribution in [0.2, 0.25) is 0 Å². The molecule has 3 rings (SSSR count). The van der Waals surface area contributed by atoms with Gasteiger partial charge >= 0.3 is 0 Å². The second kappa shape index (κ2) is 12.4. The number of carbonyl (C=O) groups excluding carboxylic acids is 2. The van der Waals surface area contributed by atoms with Crippen LogP contribution in [0.3, 0.4) is 0 Å². The summed E-state index contributed by atoms with van der Waals surface area (Å²) in [4.78, 5) is 25.7. The van der Waals surface area contributed by atoms with Crippen LogP contribution >= 0.6 is 0 Å². The molecule has 3 saturated carbocycles. The van der Waals surface area contributed by atoms with E-state index in [0.29, 0.717) is 29.8 Å². The van der Waals surface area contributed by atoms with E-state index in [2.05, 4.69) is 13.8 Å². The van der Waals surface area contributed by atoms with Crippen molar-refractivity contribution in [1.29, 1.82) is 0 Å². The van der Waals surface area contributed by atoms with E-state index in [4.69, 9.17) is 0 Å². The van der Waals surface area contributed by atoms with Gasteiger partial charge in [-0.1, -0.05) is 78.1 Å². The van der Waals surface area contributed by atoms with Gasteiger partial charge in [0.2, 0.25) is 0 Å². The first-order valence-electron chi connectivity index (χ1n) is 13.6. The molecule has 6 unspecified atom stereocenters. The van der Waals surface area contributed by atoms with Crippen molar-refractivity contribution in [3.63, 3.8) is 0 Å². The molecule has 0 radical (unpaired) electrons. The fourth-order valence-electron chi connectivity index (χ4n) is 6.97. The van der Waals surface area contributed by atoms with Crippen molar-refractivity contribution >= 4 is 11.6 Å². The van der Waals surface area contributed by atoms with E-state index in [-0.39, 0.29) is 5.92 Å². The molecule has 30 heavy (non-hydrogen) atoms. The Kier molecular flexibility index (Phi) is 9.91. The highest BCUT2D eigenvalue weighted by molar-refractivity contribution is 5.82. The predicted molar refractivity (Wildman–Crippen MR) is 125 cm³/mol. The van der Waals surface area contributed by atoms with Crippen molar-refractivity contribution in [3.8, 4) is 0 Å². The molecule has 0 N–H and O–H groups in total. The summed E-state index contributed by atoms with van der Waals surface area (Å²) in [6.07, 6.45) is 21.7. The van der Waals surface area contributed by atoms with Gasteiger partial charge in [0.05, 0.1) is 0 Å². The Morgan fingerprint density at radius 3 is 2.30 bits per heavy atom. The van der Waals surface area contributed by atoms with Gasteiger partial charge in [0.25, 0.3) is 0 Å². The maximum absolute atomic E-state index is 12.9. The highest BCUT2D eigenvalue weighted by atomic mass is 16.1. The Morgan fingerprint density at radius 1 is 0.833 bits per heavy atom. The van der Waals surface area contributed by atoms with Gasteiger partial charge in [0.15, 0.2) is 0 Å². The van der Waals surface area contributed by atoms with E-state index in [1.54, 1.807) is 0 Å². The van der Waals surface area contributed by atoms with Gasteiger partial charge in [-0.05, 0) is 62.2 Å². The molecule has 0 bridgehead atoms. The SMILES string of the molecule is CCCCC1CCCCC1CC(=O)C(C)CCCC(=O)C1CCC2CCCCC2C1. The lowest BCUT2D eigenvalue weighted by atomic mass is 9.66. The molecule has 0 aromatic heterocycles. The van der Waals surface area contributed by atoms with Gasteiger partial charge in [-0.25, -0.2) is 0 Å². The lowest BCUT2D eigenvalue weighted by Crippen LogP contribution is -2.31. The largest absolute Gasteiger partial charge is 0.299 e. The molecule has 0 spiro atoms. The molecule has 6 atom stereocenters. The summed E-state index contributed by atoms with van der Waals surface area (Å²) < 4.78 is 0. The normalized spacial score (nSPS) is 32.9. The summed E-state index contributed by atoms with van der Waals surface area (Å²) in [7, 11) is 0. The molecule has 2 heteroatoms. The molecule has 0 aliphatic heterocycles. The van der Waals surface area contributed by atoms with Crippen LogP contribution in [-0.4, -0.2) is 11.6 Å². The first-order chi connectivity index (χ1) is 14.6. The molecule has 172 valence electrons. The Bertz CT molecular complexity index is 539. The van der Waals surface area contributed by atoms with E-state index >= 15 is 0 Å². The second-order valence-electron chi connectivity index (χ2n) is 11.2.